The van der Waals surface area contributed by atoms with E-state index in [-0.39, 0.29) is 5.91 Å². The Morgan fingerprint density at radius 2 is 2.04 bits per heavy atom. The molecule has 0 bridgehead atoms. The van der Waals surface area contributed by atoms with Crippen molar-refractivity contribution in [2.24, 2.45) is 0 Å². The third kappa shape index (κ3) is 3.99. The summed E-state index contributed by atoms with van der Waals surface area (Å²) in [5, 5.41) is 7.67. The Morgan fingerprint density at radius 1 is 1.15 bits per heavy atom. The van der Waals surface area contributed by atoms with Crippen LogP contribution in [0.3, 0.4) is 0 Å². The summed E-state index contributed by atoms with van der Waals surface area (Å²) in [6, 6.07) is 2.08. The lowest BCUT2D eigenvalue weighted by atomic mass is 9.94. The quantitative estimate of drug-likeness (QED) is 0.902. The molecule has 1 amide bonds. The second-order valence-corrected chi connectivity index (χ2v) is 7.72. The molecule has 0 aromatic carbocycles. The summed E-state index contributed by atoms with van der Waals surface area (Å²) in [6.07, 6.45) is 10.8. The normalized spacial score (nSPS) is 17.5. The lowest BCUT2D eigenvalue weighted by Crippen LogP contribution is -2.35. The molecule has 4 rings (SSSR count). The number of carbonyl (C=O) groups is 1. The van der Waals surface area contributed by atoms with Crippen LogP contribution < -0.4 is 4.90 Å². The molecule has 2 aromatic rings. The van der Waals surface area contributed by atoms with E-state index in [1.54, 1.807) is 0 Å². The monoisotopic (exact) mass is 367 g/mol. The molecule has 0 saturated carbocycles. The zero-order valence-corrected chi connectivity index (χ0v) is 16.2. The fraction of sp³-hybridized carbons (Fsp3) is 0.571. The Labute approximate surface area is 161 Å². The van der Waals surface area contributed by atoms with Crippen LogP contribution in [0, 0.1) is 6.92 Å². The molecule has 0 atom stereocenters. The van der Waals surface area contributed by atoms with Crippen LogP contribution >= 0.6 is 0 Å². The zero-order chi connectivity index (χ0) is 18.6. The molecule has 6 nitrogen and oxygen atoms in total. The maximum atomic E-state index is 12.8. The highest BCUT2D eigenvalue weighted by Gasteiger charge is 2.22. The van der Waals surface area contributed by atoms with Crippen molar-refractivity contribution in [3.8, 4) is 0 Å². The molecule has 6 heteroatoms. The molecular formula is C21H29N5O. The Kier molecular flexibility index (Phi) is 5.41. The second kappa shape index (κ2) is 8.11. The standard InChI is InChI=1S/C21H29N5O/c1-16-15-22-10-9-20(16)25-11-4-12-26(14-13-25)21(27)8-7-19-17-5-2-3-6-18(17)23-24-19/h9-10,15H,2-8,11-14H2,1H3,(H,23,24). The molecule has 1 fully saturated rings. The zero-order valence-electron chi connectivity index (χ0n) is 16.2. The number of hydrogen-bond acceptors (Lipinski definition) is 4. The van der Waals surface area contributed by atoms with Gasteiger partial charge in [-0.25, -0.2) is 0 Å². The number of aromatic amines is 1. The summed E-state index contributed by atoms with van der Waals surface area (Å²) in [6.45, 7) is 5.61. The van der Waals surface area contributed by atoms with Gasteiger partial charge in [0.05, 0.1) is 5.69 Å². The fourth-order valence-corrected chi connectivity index (χ4v) is 4.37. The van der Waals surface area contributed by atoms with Gasteiger partial charge in [-0.1, -0.05) is 0 Å². The molecule has 3 heterocycles. The second-order valence-electron chi connectivity index (χ2n) is 7.72. The summed E-state index contributed by atoms with van der Waals surface area (Å²) in [5.41, 5.74) is 6.22. The highest BCUT2D eigenvalue weighted by atomic mass is 16.2. The average Bonchev–Trinajstić information content (AvgIpc) is 2.94. The summed E-state index contributed by atoms with van der Waals surface area (Å²) < 4.78 is 0. The molecule has 0 spiro atoms. The molecule has 2 aromatic heterocycles. The van der Waals surface area contributed by atoms with Crippen molar-refractivity contribution in [2.75, 3.05) is 31.1 Å². The number of rotatable bonds is 4. The average molecular weight is 367 g/mol. The predicted molar refractivity (Wildman–Crippen MR) is 106 cm³/mol. The number of H-pyrrole nitrogens is 1. The smallest absolute Gasteiger partial charge is 0.223 e. The van der Waals surface area contributed by atoms with Crippen LogP contribution in [-0.4, -0.2) is 52.2 Å². The number of anilines is 1. The maximum absolute atomic E-state index is 12.8. The van der Waals surface area contributed by atoms with Gasteiger partial charge in [-0.2, -0.15) is 5.10 Å². The van der Waals surface area contributed by atoms with Gasteiger partial charge in [-0.15, -0.1) is 0 Å². The lowest BCUT2D eigenvalue weighted by molar-refractivity contribution is -0.130. The van der Waals surface area contributed by atoms with E-state index < -0.39 is 0 Å². The van der Waals surface area contributed by atoms with Gasteiger partial charge in [0.2, 0.25) is 5.91 Å². The van der Waals surface area contributed by atoms with Crippen molar-refractivity contribution in [1.82, 2.24) is 20.1 Å². The van der Waals surface area contributed by atoms with Gasteiger partial charge in [-0.3, -0.25) is 14.9 Å². The molecule has 1 N–H and O–H groups in total. The minimum atomic E-state index is 0.260. The van der Waals surface area contributed by atoms with Crippen molar-refractivity contribution < 1.29 is 4.79 Å². The van der Waals surface area contributed by atoms with E-state index >= 15 is 0 Å². The van der Waals surface area contributed by atoms with Gasteiger partial charge >= 0.3 is 0 Å². The number of amides is 1. The summed E-state index contributed by atoms with van der Waals surface area (Å²) in [5.74, 6) is 0.260. The van der Waals surface area contributed by atoms with Gasteiger partial charge in [0.15, 0.2) is 0 Å². The van der Waals surface area contributed by atoms with E-state index in [0.717, 1.165) is 57.6 Å². The third-order valence-electron chi connectivity index (χ3n) is 5.90. The minimum Gasteiger partial charge on any atom is -0.369 e. The first-order chi connectivity index (χ1) is 13.2. The first-order valence-corrected chi connectivity index (χ1v) is 10.2. The number of pyridine rings is 1. The van der Waals surface area contributed by atoms with E-state index in [4.69, 9.17) is 0 Å². The SMILES string of the molecule is Cc1cnccc1N1CCCN(C(=O)CCc2n[nH]c3c2CCCC3)CC1. The van der Waals surface area contributed by atoms with Crippen LogP contribution in [0.25, 0.3) is 0 Å². The van der Waals surface area contributed by atoms with Crippen LogP contribution in [0.2, 0.25) is 0 Å². The predicted octanol–water partition coefficient (Wildman–Crippen LogP) is 2.66. The van der Waals surface area contributed by atoms with Gasteiger partial charge in [0.25, 0.3) is 0 Å². The number of fused-ring (bicyclic) bond motifs is 1. The van der Waals surface area contributed by atoms with Crippen molar-refractivity contribution in [1.29, 1.82) is 0 Å². The van der Waals surface area contributed by atoms with Crippen LogP contribution in [0.5, 0.6) is 0 Å². The Hall–Kier alpha value is -2.37. The molecule has 2 aliphatic rings. The summed E-state index contributed by atoms with van der Waals surface area (Å²) in [7, 11) is 0. The number of nitrogens with zero attached hydrogens (tertiary/aromatic N) is 4. The number of carbonyl (C=O) groups excluding carboxylic acids is 1. The van der Waals surface area contributed by atoms with Gasteiger partial charge in [0, 0.05) is 62.8 Å². The largest absolute Gasteiger partial charge is 0.369 e. The van der Waals surface area contributed by atoms with Crippen LogP contribution in [0.15, 0.2) is 18.5 Å². The van der Waals surface area contributed by atoms with E-state index in [9.17, 15) is 4.79 Å². The van der Waals surface area contributed by atoms with Crippen molar-refractivity contribution in [3.63, 3.8) is 0 Å². The lowest BCUT2D eigenvalue weighted by Gasteiger charge is -2.25. The molecular weight excluding hydrogens is 338 g/mol. The van der Waals surface area contributed by atoms with Crippen molar-refractivity contribution in [2.45, 2.75) is 51.9 Å². The molecule has 1 saturated heterocycles. The van der Waals surface area contributed by atoms with Gasteiger partial charge in [0.1, 0.15) is 0 Å². The molecule has 1 aliphatic carbocycles. The van der Waals surface area contributed by atoms with E-state index in [1.165, 1.54) is 35.3 Å². The molecule has 0 unspecified atom stereocenters. The third-order valence-corrected chi connectivity index (χ3v) is 5.90. The number of aromatic nitrogens is 3. The van der Waals surface area contributed by atoms with Crippen LogP contribution in [0.1, 0.15) is 48.2 Å². The van der Waals surface area contributed by atoms with Gasteiger partial charge in [-0.05, 0) is 56.2 Å². The van der Waals surface area contributed by atoms with Crippen LogP contribution in [-0.2, 0) is 24.1 Å². The van der Waals surface area contributed by atoms with E-state index in [1.807, 2.05) is 17.3 Å². The Morgan fingerprint density at radius 3 is 2.93 bits per heavy atom. The Balaban J connectivity index is 1.33. The van der Waals surface area contributed by atoms with E-state index in [2.05, 4.69) is 33.1 Å². The van der Waals surface area contributed by atoms with E-state index in [0.29, 0.717) is 6.42 Å². The summed E-state index contributed by atoms with van der Waals surface area (Å²) >= 11 is 0. The minimum absolute atomic E-state index is 0.260. The number of hydrogen-bond donors (Lipinski definition) is 1. The van der Waals surface area contributed by atoms with Crippen molar-refractivity contribution in [3.05, 3.63) is 41.0 Å². The molecule has 27 heavy (non-hydrogen) atoms. The highest BCUT2D eigenvalue weighted by molar-refractivity contribution is 5.76. The topological polar surface area (TPSA) is 65.1 Å². The van der Waals surface area contributed by atoms with Crippen LogP contribution in [0.4, 0.5) is 5.69 Å². The van der Waals surface area contributed by atoms with Crippen molar-refractivity contribution >= 4 is 11.6 Å². The first-order valence-electron chi connectivity index (χ1n) is 10.2. The molecule has 1 aliphatic heterocycles. The van der Waals surface area contributed by atoms with Gasteiger partial charge < -0.3 is 9.80 Å². The summed E-state index contributed by atoms with van der Waals surface area (Å²) in [4.78, 5) is 21.4. The maximum Gasteiger partial charge on any atom is 0.223 e. The Bertz CT molecular complexity index is 800. The highest BCUT2D eigenvalue weighted by Crippen LogP contribution is 2.23. The molecule has 144 valence electrons. The first kappa shape index (κ1) is 18.0. The number of nitrogens with one attached hydrogen (secondary N) is 1. The molecule has 0 radical (unpaired) electrons. The fourth-order valence-electron chi connectivity index (χ4n) is 4.37. The number of aryl methyl sites for hydroxylation is 3.